The van der Waals surface area contributed by atoms with Crippen LogP contribution in [-0.2, 0) is 10.2 Å². The second-order valence-corrected chi connectivity index (χ2v) is 8.59. The Kier molecular flexibility index (Phi) is 5.64. The molecule has 0 bridgehead atoms. The molecule has 0 spiro atoms. The normalized spacial score (nSPS) is 19.9. The minimum atomic E-state index is -4.35. The van der Waals surface area contributed by atoms with Crippen LogP contribution < -0.4 is 5.32 Å². The largest absolute Gasteiger partial charge is 0.394 e. The number of nitrogens with one attached hydrogen (secondary N) is 1. The molecule has 1 aliphatic rings. The first-order valence-corrected chi connectivity index (χ1v) is 9.00. The van der Waals surface area contributed by atoms with Gasteiger partial charge in [0.15, 0.2) is 0 Å². The third kappa shape index (κ3) is 4.62. The number of rotatable bonds is 3. The van der Waals surface area contributed by atoms with Gasteiger partial charge in [-0.1, -0.05) is 32.9 Å². The number of halogens is 3. The minimum absolute atomic E-state index is 0.0339. The monoisotopic (exact) mass is 384 g/mol. The first-order chi connectivity index (χ1) is 12.2. The van der Waals surface area contributed by atoms with Crippen molar-refractivity contribution in [3.63, 3.8) is 0 Å². The molecule has 1 aromatic carbocycles. The zero-order valence-corrected chi connectivity index (χ0v) is 16.4. The lowest BCUT2D eigenvalue weighted by Gasteiger charge is -2.36. The van der Waals surface area contributed by atoms with Gasteiger partial charge in [0.25, 0.3) is 5.91 Å². The standard InChI is InChI=1S/C20H27F3N2O2/c1-18(2,3)14-8-6-13(7-9-14)17(27)24-12-16(26)25-11-10-15(19(25,4)5)20(21,22)23/h6-9,15H,10-12H2,1-5H3,(H,24,27)/t15-/m0/s1. The highest BCUT2D eigenvalue weighted by atomic mass is 19.4. The van der Waals surface area contributed by atoms with Crippen LogP contribution in [0.25, 0.3) is 0 Å². The molecule has 1 aliphatic heterocycles. The average Bonchev–Trinajstić information content (AvgIpc) is 2.86. The van der Waals surface area contributed by atoms with Crippen molar-refractivity contribution in [3.8, 4) is 0 Å². The fourth-order valence-corrected chi connectivity index (χ4v) is 3.57. The molecule has 0 saturated carbocycles. The number of nitrogens with zero attached hydrogens (tertiary/aromatic N) is 1. The number of hydrogen-bond donors (Lipinski definition) is 1. The number of likely N-dealkylation sites (tertiary alicyclic amines) is 1. The second kappa shape index (κ2) is 7.17. The molecule has 1 aromatic rings. The van der Waals surface area contributed by atoms with Crippen LogP contribution in [0.15, 0.2) is 24.3 Å². The van der Waals surface area contributed by atoms with E-state index in [4.69, 9.17) is 0 Å². The first kappa shape index (κ1) is 21.3. The first-order valence-electron chi connectivity index (χ1n) is 9.00. The summed E-state index contributed by atoms with van der Waals surface area (Å²) in [7, 11) is 0. The van der Waals surface area contributed by atoms with Gasteiger partial charge in [-0.05, 0) is 43.4 Å². The molecule has 1 N–H and O–H groups in total. The Labute approximate surface area is 158 Å². The van der Waals surface area contributed by atoms with E-state index >= 15 is 0 Å². The maximum atomic E-state index is 13.1. The van der Waals surface area contributed by atoms with E-state index in [1.54, 1.807) is 12.1 Å². The van der Waals surface area contributed by atoms with Crippen LogP contribution >= 0.6 is 0 Å². The molecule has 1 fully saturated rings. The Bertz CT molecular complexity index is 703. The van der Waals surface area contributed by atoms with Crippen LogP contribution in [0.5, 0.6) is 0 Å². The van der Waals surface area contributed by atoms with Gasteiger partial charge in [-0.2, -0.15) is 13.2 Å². The molecule has 0 radical (unpaired) electrons. The summed E-state index contributed by atoms with van der Waals surface area (Å²) in [5, 5.41) is 2.51. The summed E-state index contributed by atoms with van der Waals surface area (Å²) < 4.78 is 39.4. The van der Waals surface area contributed by atoms with E-state index in [2.05, 4.69) is 26.1 Å². The van der Waals surface area contributed by atoms with E-state index < -0.39 is 29.4 Å². The third-order valence-corrected chi connectivity index (χ3v) is 5.30. The number of carbonyl (C=O) groups is 2. The molecule has 1 heterocycles. The van der Waals surface area contributed by atoms with Crippen molar-refractivity contribution in [2.45, 2.75) is 58.2 Å². The van der Waals surface area contributed by atoms with Gasteiger partial charge in [0.2, 0.25) is 5.91 Å². The average molecular weight is 384 g/mol. The molecular formula is C20H27F3N2O2. The fraction of sp³-hybridized carbons (Fsp3) is 0.600. The van der Waals surface area contributed by atoms with Crippen molar-refractivity contribution >= 4 is 11.8 Å². The molecule has 1 saturated heterocycles. The molecule has 2 rings (SSSR count). The third-order valence-electron chi connectivity index (χ3n) is 5.30. The summed E-state index contributed by atoms with van der Waals surface area (Å²) in [5.41, 5.74) is 0.118. The second-order valence-electron chi connectivity index (χ2n) is 8.59. The van der Waals surface area contributed by atoms with E-state index in [1.165, 1.54) is 18.7 Å². The molecule has 27 heavy (non-hydrogen) atoms. The zero-order chi connectivity index (χ0) is 20.6. The summed E-state index contributed by atoms with van der Waals surface area (Å²) >= 11 is 0. The van der Waals surface area contributed by atoms with E-state index in [-0.39, 0.29) is 24.9 Å². The molecular weight excluding hydrogens is 357 g/mol. The lowest BCUT2D eigenvalue weighted by molar-refractivity contribution is -0.192. The highest BCUT2D eigenvalue weighted by molar-refractivity contribution is 5.96. The van der Waals surface area contributed by atoms with Gasteiger partial charge in [-0.3, -0.25) is 9.59 Å². The minimum Gasteiger partial charge on any atom is -0.343 e. The highest BCUT2D eigenvalue weighted by Crippen LogP contribution is 2.44. The van der Waals surface area contributed by atoms with Gasteiger partial charge in [0.1, 0.15) is 0 Å². The number of amides is 2. The smallest absolute Gasteiger partial charge is 0.343 e. The van der Waals surface area contributed by atoms with Crippen molar-refractivity contribution in [2.75, 3.05) is 13.1 Å². The molecule has 4 nitrogen and oxygen atoms in total. The Hall–Kier alpha value is -2.05. The number of carbonyl (C=O) groups excluding carboxylic acids is 2. The van der Waals surface area contributed by atoms with Crippen LogP contribution in [0.4, 0.5) is 13.2 Å². The molecule has 150 valence electrons. The lowest BCUT2D eigenvalue weighted by atomic mass is 9.87. The van der Waals surface area contributed by atoms with E-state index in [1.807, 2.05) is 12.1 Å². The van der Waals surface area contributed by atoms with E-state index in [0.717, 1.165) is 5.56 Å². The quantitative estimate of drug-likeness (QED) is 0.859. The molecule has 2 amide bonds. The SMILES string of the molecule is CC(C)(C)c1ccc(C(=O)NCC(=O)N2CC[C@H](C(F)(F)F)C2(C)C)cc1. The molecule has 7 heteroatoms. The van der Waals surface area contributed by atoms with Crippen LogP contribution in [-0.4, -0.2) is 41.5 Å². The lowest BCUT2D eigenvalue weighted by Crippen LogP contribution is -2.52. The van der Waals surface area contributed by atoms with Gasteiger partial charge in [-0.25, -0.2) is 0 Å². The zero-order valence-electron chi connectivity index (χ0n) is 16.4. The van der Waals surface area contributed by atoms with Gasteiger partial charge < -0.3 is 10.2 Å². The molecule has 1 atom stereocenters. The molecule has 0 aliphatic carbocycles. The summed E-state index contributed by atoms with van der Waals surface area (Å²) in [5.74, 6) is -2.49. The van der Waals surface area contributed by atoms with Crippen LogP contribution in [0.1, 0.15) is 57.0 Å². The van der Waals surface area contributed by atoms with Crippen molar-refractivity contribution in [2.24, 2.45) is 5.92 Å². The van der Waals surface area contributed by atoms with Gasteiger partial charge in [0.05, 0.1) is 12.5 Å². The van der Waals surface area contributed by atoms with E-state index in [0.29, 0.717) is 5.56 Å². The van der Waals surface area contributed by atoms with E-state index in [9.17, 15) is 22.8 Å². The van der Waals surface area contributed by atoms with Crippen LogP contribution in [0, 0.1) is 5.92 Å². The maximum Gasteiger partial charge on any atom is 0.394 e. The predicted molar refractivity (Wildman–Crippen MR) is 97.4 cm³/mol. The predicted octanol–water partition coefficient (Wildman–Crippen LogP) is 3.90. The van der Waals surface area contributed by atoms with Gasteiger partial charge in [-0.15, -0.1) is 0 Å². The maximum absolute atomic E-state index is 13.1. The Balaban J connectivity index is 1.98. The summed E-state index contributed by atoms with van der Waals surface area (Å²) in [4.78, 5) is 25.9. The molecule has 0 unspecified atom stereocenters. The number of hydrogen-bond acceptors (Lipinski definition) is 2. The summed E-state index contributed by atoms with van der Waals surface area (Å²) in [6.07, 6.45) is -4.47. The topological polar surface area (TPSA) is 49.4 Å². The van der Waals surface area contributed by atoms with Gasteiger partial charge in [0, 0.05) is 17.6 Å². The summed E-state index contributed by atoms with van der Waals surface area (Å²) in [6.45, 7) is 8.73. The fourth-order valence-electron chi connectivity index (χ4n) is 3.57. The van der Waals surface area contributed by atoms with Crippen molar-refractivity contribution in [1.82, 2.24) is 10.2 Å². The Morgan fingerprint density at radius 1 is 1.15 bits per heavy atom. The van der Waals surface area contributed by atoms with Crippen LogP contribution in [0.2, 0.25) is 0 Å². The van der Waals surface area contributed by atoms with Crippen molar-refractivity contribution in [1.29, 1.82) is 0 Å². The molecule has 0 aromatic heterocycles. The van der Waals surface area contributed by atoms with Gasteiger partial charge >= 0.3 is 6.18 Å². The van der Waals surface area contributed by atoms with Crippen molar-refractivity contribution in [3.05, 3.63) is 35.4 Å². The van der Waals surface area contributed by atoms with Crippen LogP contribution in [0.3, 0.4) is 0 Å². The Morgan fingerprint density at radius 3 is 2.15 bits per heavy atom. The number of benzene rings is 1. The Morgan fingerprint density at radius 2 is 1.70 bits per heavy atom. The summed E-state index contributed by atoms with van der Waals surface area (Å²) in [6, 6.07) is 7.07. The number of alkyl halides is 3. The highest BCUT2D eigenvalue weighted by Gasteiger charge is 2.56. The van der Waals surface area contributed by atoms with Crippen molar-refractivity contribution < 1.29 is 22.8 Å².